The summed E-state index contributed by atoms with van der Waals surface area (Å²) in [6, 6.07) is 17.2. The van der Waals surface area contributed by atoms with E-state index in [1.807, 2.05) is 0 Å². The Labute approximate surface area is 190 Å². The Morgan fingerprint density at radius 1 is 0.969 bits per heavy atom. The van der Waals surface area contributed by atoms with Gasteiger partial charge >= 0.3 is 0 Å². The van der Waals surface area contributed by atoms with Crippen molar-refractivity contribution in [2.45, 2.75) is 71.5 Å². The van der Waals surface area contributed by atoms with Crippen molar-refractivity contribution in [3.8, 4) is 0 Å². The van der Waals surface area contributed by atoms with Gasteiger partial charge < -0.3 is 4.57 Å². The molecule has 3 heterocycles. The average molecular weight is 428 g/mol. The minimum atomic E-state index is 0.00605. The Morgan fingerprint density at radius 3 is 2.44 bits per heavy atom. The quantitative estimate of drug-likeness (QED) is 0.560. The zero-order valence-electron chi connectivity index (χ0n) is 19.3. The third-order valence-electron chi connectivity index (χ3n) is 7.45. The molecule has 0 saturated carbocycles. The van der Waals surface area contributed by atoms with Gasteiger partial charge in [0.1, 0.15) is 5.82 Å². The Morgan fingerprint density at radius 2 is 1.69 bits per heavy atom. The number of aryl methyl sites for hydroxylation is 3. The molecule has 0 radical (unpaired) electrons. The SMILES string of the molecule is Cc1ccccc1CCCC1CCn2c1nc(=O)c1c2CCN(Cc2ccccc2C)C1. The van der Waals surface area contributed by atoms with E-state index in [1.54, 1.807) is 0 Å². The van der Waals surface area contributed by atoms with Gasteiger partial charge in [-0.3, -0.25) is 9.69 Å². The summed E-state index contributed by atoms with van der Waals surface area (Å²) < 4.78 is 2.39. The van der Waals surface area contributed by atoms with E-state index in [0.717, 1.165) is 63.1 Å². The summed E-state index contributed by atoms with van der Waals surface area (Å²) in [5.41, 5.74) is 7.66. The summed E-state index contributed by atoms with van der Waals surface area (Å²) >= 11 is 0. The molecule has 32 heavy (non-hydrogen) atoms. The molecular formula is C28H33N3O. The van der Waals surface area contributed by atoms with Crippen molar-refractivity contribution in [3.63, 3.8) is 0 Å². The number of hydrogen-bond donors (Lipinski definition) is 0. The van der Waals surface area contributed by atoms with Crippen LogP contribution in [0.1, 0.15) is 64.5 Å². The highest BCUT2D eigenvalue weighted by Crippen LogP contribution is 2.33. The molecule has 4 heteroatoms. The summed E-state index contributed by atoms with van der Waals surface area (Å²) in [5, 5.41) is 0. The molecule has 1 atom stereocenters. The first-order valence-electron chi connectivity index (χ1n) is 12.0. The second kappa shape index (κ2) is 9.03. The van der Waals surface area contributed by atoms with Gasteiger partial charge in [-0.25, -0.2) is 0 Å². The lowest BCUT2D eigenvalue weighted by Gasteiger charge is -2.30. The topological polar surface area (TPSA) is 38.1 Å². The van der Waals surface area contributed by atoms with Crippen LogP contribution in [-0.2, 0) is 32.5 Å². The first-order chi connectivity index (χ1) is 15.6. The molecule has 3 aromatic rings. The highest BCUT2D eigenvalue weighted by Gasteiger charge is 2.30. The van der Waals surface area contributed by atoms with E-state index in [4.69, 9.17) is 0 Å². The van der Waals surface area contributed by atoms with Gasteiger partial charge in [-0.2, -0.15) is 4.98 Å². The molecule has 0 bridgehead atoms. The Bertz CT molecular complexity index is 1180. The molecule has 2 aliphatic heterocycles. The van der Waals surface area contributed by atoms with Crippen molar-refractivity contribution < 1.29 is 0 Å². The van der Waals surface area contributed by atoms with Crippen LogP contribution in [0.4, 0.5) is 0 Å². The van der Waals surface area contributed by atoms with Crippen molar-refractivity contribution in [1.29, 1.82) is 0 Å². The van der Waals surface area contributed by atoms with Crippen LogP contribution in [-0.4, -0.2) is 21.0 Å². The second-order valence-electron chi connectivity index (χ2n) is 9.54. The van der Waals surface area contributed by atoms with Crippen LogP contribution in [0.25, 0.3) is 0 Å². The van der Waals surface area contributed by atoms with Crippen LogP contribution in [0.15, 0.2) is 53.3 Å². The number of nitrogens with zero attached hydrogens (tertiary/aromatic N) is 3. The predicted molar refractivity (Wildman–Crippen MR) is 129 cm³/mol. The number of aromatic nitrogens is 2. The molecule has 1 aromatic heterocycles. The number of rotatable bonds is 6. The summed E-state index contributed by atoms with van der Waals surface area (Å²) in [4.78, 5) is 20.1. The second-order valence-corrected chi connectivity index (χ2v) is 9.54. The molecule has 2 aromatic carbocycles. The van der Waals surface area contributed by atoms with Gasteiger partial charge in [-0.15, -0.1) is 0 Å². The maximum atomic E-state index is 13.0. The summed E-state index contributed by atoms with van der Waals surface area (Å²) in [6.07, 6.45) is 5.42. The van der Waals surface area contributed by atoms with Crippen LogP contribution in [0.5, 0.6) is 0 Å². The highest BCUT2D eigenvalue weighted by atomic mass is 16.1. The Balaban J connectivity index is 1.29. The van der Waals surface area contributed by atoms with Crippen LogP contribution < -0.4 is 5.56 Å². The summed E-state index contributed by atoms with van der Waals surface area (Å²) in [6.45, 7) is 7.98. The molecule has 0 amide bonds. The molecule has 0 saturated heterocycles. The lowest BCUT2D eigenvalue weighted by atomic mass is 9.96. The van der Waals surface area contributed by atoms with Crippen LogP contribution >= 0.6 is 0 Å². The fourth-order valence-corrected chi connectivity index (χ4v) is 5.51. The normalized spacial score (nSPS) is 17.9. The number of fused-ring (bicyclic) bond motifs is 3. The van der Waals surface area contributed by atoms with E-state index in [-0.39, 0.29) is 5.56 Å². The fraction of sp³-hybridized carbons (Fsp3) is 0.429. The molecule has 0 spiro atoms. The third kappa shape index (κ3) is 4.16. The first kappa shape index (κ1) is 21.1. The summed E-state index contributed by atoms with van der Waals surface area (Å²) in [5.74, 6) is 1.47. The van der Waals surface area contributed by atoms with Crippen LogP contribution in [0.2, 0.25) is 0 Å². The van der Waals surface area contributed by atoms with E-state index in [9.17, 15) is 4.79 Å². The molecule has 2 aliphatic rings. The molecular weight excluding hydrogens is 394 g/mol. The van der Waals surface area contributed by atoms with E-state index in [2.05, 4.69) is 76.8 Å². The zero-order valence-corrected chi connectivity index (χ0v) is 19.3. The number of benzene rings is 2. The third-order valence-corrected chi connectivity index (χ3v) is 7.45. The standard InChI is InChI=1S/C28H33N3O/c1-20-8-3-5-10-22(20)12-7-13-23-14-17-31-26-15-16-30(18-24-11-6-4-9-21(24)2)19-25(26)28(32)29-27(23)31/h3-6,8-11,23H,7,12-19H2,1-2H3. The van der Waals surface area contributed by atoms with E-state index < -0.39 is 0 Å². The van der Waals surface area contributed by atoms with Crippen molar-refractivity contribution in [2.24, 2.45) is 0 Å². The van der Waals surface area contributed by atoms with Gasteiger partial charge in [0, 0.05) is 44.2 Å². The largest absolute Gasteiger partial charge is 0.333 e. The minimum Gasteiger partial charge on any atom is -0.333 e. The van der Waals surface area contributed by atoms with Gasteiger partial charge in [0.05, 0.1) is 5.56 Å². The maximum absolute atomic E-state index is 13.0. The molecule has 1 unspecified atom stereocenters. The smallest absolute Gasteiger partial charge is 0.277 e. The van der Waals surface area contributed by atoms with Gasteiger partial charge in [-0.05, 0) is 61.8 Å². The van der Waals surface area contributed by atoms with Crippen molar-refractivity contribution >= 4 is 0 Å². The Kier molecular flexibility index (Phi) is 5.97. The zero-order chi connectivity index (χ0) is 22.1. The lowest BCUT2D eigenvalue weighted by Crippen LogP contribution is -2.37. The van der Waals surface area contributed by atoms with Gasteiger partial charge in [0.25, 0.3) is 5.56 Å². The van der Waals surface area contributed by atoms with Gasteiger partial charge in [-0.1, -0.05) is 48.5 Å². The molecule has 0 aliphatic carbocycles. The van der Waals surface area contributed by atoms with Crippen LogP contribution in [0, 0.1) is 13.8 Å². The first-order valence-corrected chi connectivity index (χ1v) is 12.0. The maximum Gasteiger partial charge on any atom is 0.277 e. The molecule has 0 fully saturated rings. The molecule has 4 nitrogen and oxygen atoms in total. The Hall–Kier alpha value is -2.72. The van der Waals surface area contributed by atoms with Crippen molar-refractivity contribution in [2.75, 3.05) is 6.54 Å². The predicted octanol–water partition coefficient (Wildman–Crippen LogP) is 4.93. The van der Waals surface area contributed by atoms with Gasteiger partial charge in [0.2, 0.25) is 0 Å². The van der Waals surface area contributed by atoms with Crippen molar-refractivity contribution in [1.82, 2.24) is 14.5 Å². The van der Waals surface area contributed by atoms with E-state index >= 15 is 0 Å². The van der Waals surface area contributed by atoms with Crippen LogP contribution in [0.3, 0.4) is 0 Å². The highest BCUT2D eigenvalue weighted by molar-refractivity contribution is 5.29. The fourth-order valence-electron chi connectivity index (χ4n) is 5.51. The minimum absolute atomic E-state index is 0.00605. The van der Waals surface area contributed by atoms with E-state index in [1.165, 1.54) is 27.9 Å². The molecule has 5 rings (SSSR count). The number of hydrogen-bond acceptors (Lipinski definition) is 3. The monoisotopic (exact) mass is 427 g/mol. The average Bonchev–Trinajstić information content (AvgIpc) is 3.19. The van der Waals surface area contributed by atoms with Gasteiger partial charge in [0.15, 0.2) is 0 Å². The lowest BCUT2D eigenvalue weighted by molar-refractivity contribution is 0.238. The molecule has 0 N–H and O–H groups in total. The van der Waals surface area contributed by atoms with Crippen molar-refractivity contribution in [3.05, 3.63) is 98.2 Å². The molecule has 166 valence electrons. The summed E-state index contributed by atoms with van der Waals surface area (Å²) in [7, 11) is 0. The van der Waals surface area contributed by atoms with E-state index in [0.29, 0.717) is 12.5 Å².